The summed E-state index contributed by atoms with van der Waals surface area (Å²) in [6.45, 7) is 0. The minimum atomic E-state index is -0.0251. The van der Waals surface area contributed by atoms with Crippen LogP contribution in [0.15, 0.2) is 24.3 Å². The summed E-state index contributed by atoms with van der Waals surface area (Å²) in [5.41, 5.74) is 1.78. The molecule has 2 atom stereocenters. The summed E-state index contributed by atoms with van der Waals surface area (Å²) in [5.74, 6) is -0.0251. The Balaban J connectivity index is 1.99. The van der Waals surface area contributed by atoms with Crippen molar-refractivity contribution in [3.63, 3.8) is 0 Å². The van der Waals surface area contributed by atoms with Gasteiger partial charge in [-0.1, -0.05) is 12.8 Å². The number of nitrogens with one attached hydrogen (secondary N) is 1. The van der Waals surface area contributed by atoms with Gasteiger partial charge in [-0.15, -0.1) is 11.6 Å². The number of nitrogens with zero attached hydrogens (tertiary/aromatic N) is 1. The van der Waals surface area contributed by atoms with Crippen LogP contribution in [0.4, 0.5) is 5.69 Å². The van der Waals surface area contributed by atoms with Crippen molar-refractivity contribution in [1.82, 2.24) is 5.32 Å². The van der Waals surface area contributed by atoms with Gasteiger partial charge in [-0.2, -0.15) is 0 Å². The summed E-state index contributed by atoms with van der Waals surface area (Å²) >= 11 is 6.26. The maximum Gasteiger partial charge on any atom is 0.251 e. The highest BCUT2D eigenvalue weighted by molar-refractivity contribution is 6.21. The molecular formula is C15H21ClN2O. The van der Waals surface area contributed by atoms with E-state index in [4.69, 9.17) is 11.6 Å². The number of hydrogen-bond donors (Lipinski definition) is 1. The van der Waals surface area contributed by atoms with Gasteiger partial charge in [0.1, 0.15) is 0 Å². The SMILES string of the molecule is CN(C)c1ccc(C(=O)NC2CCCCC2Cl)cc1. The smallest absolute Gasteiger partial charge is 0.251 e. The molecule has 104 valence electrons. The van der Waals surface area contributed by atoms with Crippen LogP contribution in [0.25, 0.3) is 0 Å². The summed E-state index contributed by atoms with van der Waals surface area (Å²) in [5, 5.41) is 3.12. The lowest BCUT2D eigenvalue weighted by Crippen LogP contribution is -2.42. The minimum absolute atomic E-state index is 0.0251. The Morgan fingerprint density at radius 1 is 1.21 bits per heavy atom. The lowest BCUT2D eigenvalue weighted by atomic mass is 9.94. The fourth-order valence-corrected chi connectivity index (χ4v) is 2.75. The zero-order valence-corrected chi connectivity index (χ0v) is 12.3. The first-order valence-electron chi connectivity index (χ1n) is 6.80. The van der Waals surface area contributed by atoms with E-state index in [-0.39, 0.29) is 17.3 Å². The largest absolute Gasteiger partial charge is 0.378 e. The molecule has 2 unspecified atom stereocenters. The van der Waals surface area contributed by atoms with Crippen LogP contribution >= 0.6 is 11.6 Å². The van der Waals surface area contributed by atoms with Crippen molar-refractivity contribution in [3.8, 4) is 0 Å². The number of amides is 1. The predicted octanol–water partition coefficient (Wildman–Crippen LogP) is 3.03. The van der Waals surface area contributed by atoms with Crippen molar-refractivity contribution < 1.29 is 4.79 Å². The van der Waals surface area contributed by atoms with Gasteiger partial charge in [0, 0.05) is 31.4 Å². The minimum Gasteiger partial charge on any atom is -0.378 e. The molecule has 1 aliphatic carbocycles. The summed E-state index contributed by atoms with van der Waals surface area (Å²) < 4.78 is 0. The molecule has 1 saturated carbocycles. The van der Waals surface area contributed by atoms with E-state index < -0.39 is 0 Å². The van der Waals surface area contributed by atoms with E-state index in [2.05, 4.69) is 5.32 Å². The third-order valence-corrected chi connectivity index (χ3v) is 4.17. The molecule has 19 heavy (non-hydrogen) atoms. The van der Waals surface area contributed by atoms with E-state index in [1.165, 1.54) is 0 Å². The van der Waals surface area contributed by atoms with E-state index in [0.717, 1.165) is 31.4 Å². The van der Waals surface area contributed by atoms with Crippen molar-refractivity contribution in [2.75, 3.05) is 19.0 Å². The molecule has 1 fully saturated rings. The van der Waals surface area contributed by atoms with Crippen molar-refractivity contribution in [1.29, 1.82) is 0 Å². The maximum absolute atomic E-state index is 12.2. The predicted molar refractivity (Wildman–Crippen MR) is 80.1 cm³/mol. The second kappa shape index (κ2) is 6.29. The fourth-order valence-electron chi connectivity index (χ4n) is 2.41. The summed E-state index contributed by atoms with van der Waals surface area (Å²) in [6.07, 6.45) is 4.29. The molecule has 4 heteroatoms. The number of halogens is 1. The number of carbonyl (C=O) groups is 1. The molecule has 1 aromatic rings. The molecule has 0 heterocycles. The molecule has 0 bridgehead atoms. The Bertz CT molecular complexity index is 430. The van der Waals surface area contributed by atoms with E-state index >= 15 is 0 Å². The highest BCUT2D eigenvalue weighted by Gasteiger charge is 2.24. The first kappa shape index (κ1) is 14.2. The third kappa shape index (κ3) is 3.63. The third-order valence-electron chi connectivity index (χ3n) is 3.64. The highest BCUT2D eigenvalue weighted by atomic mass is 35.5. The average Bonchev–Trinajstić information content (AvgIpc) is 2.41. The Morgan fingerprint density at radius 3 is 2.42 bits per heavy atom. The van der Waals surface area contributed by atoms with Gasteiger partial charge in [0.25, 0.3) is 5.91 Å². The van der Waals surface area contributed by atoms with Crippen molar-refractivity contribution in [2.45, 2.75) is 37.1 Å². The highest BCUT2D eigenvalue weighted by Crippen LogP contribution is 2.23. The number of hydrogen-bond acceptors (Lipinski definition) is 2. The molecule has 0 radical (unpaired) electrons. The quantitative estimate of drug-likeness (QED) is 0.863. The van der Waals surface area contributed by atoms with Gasteiger partial charge in [-0.3, -0.25) is 4.79 Å². The number of carbonyl (C=O) groups excluding carboxylic acids is 1. The van der Waals surface area contributed by atoms with Gasteiger partial charge < -0.3 is 10.2 Å². The molecule has 0 aliphatic heterocycles. The molecule has 3 nitrogen and oxygen atoms in total. The lowest BCUT2D eigenvalue weighted by Gasteiger charge is -2.27. The molecule has 0 saturated heterocycles. The summed E-state index contributed by atoms with van der Waals surface area (Å²) in [6, 6.07) is 7.73. The van der Waals surface area contributed by atoms with Crippen LogP contribution < -0.4 is 10.2 Å². The van der Waals surface area contributed by atoms with Crippen LogP contribution in [0.5, 0.6) is 0 Å². The van der Waals surface area contributed by atoms with E-state index in [0.29, 0.717) is 5.56 Å². The standard InChI is InChI=1S/C15H21ClN2O/c1-18(2)12-9-7-11(8-10-12)15(19)17-14-6-4-3-5-13(14)16/h7-10,13-14H,3-6H2,1-2H3,(H,17,19). The first-order valence-corrected chi connectivity index (χ1v) is 7.24. The molecule has 2 rings (SSSR count). The molecule has 1 aromatic carbocycles. The van der Waals surface area contributed by atoms with Crippen LogP contribution in [0.3, 0.4) is 0 Å². The second-order valence-corrected chi connectivity index (χ2v) is 5.88. The van der Waals surface area contributed by atoms with Crippen molar-refractivity contribution in [3.05, 3.63) is 29.8 Å². The zero-order valence-electron chi connectivity index (χ0n) is 11.5. The normalized spacial score (nSPS) is 22.9. The van der Waals surface area contributed by atoms with Crippen LogP contribution in [0.1, 0.15) is 36.0 Å². The maximum atomic E-state index is 12.2. The number of alkyl halides is 1. The van der Waals surface area contributed by atoms with E-state index in [1.54, 1.807) is 0 Å². The molecule has 1 aliphatic rings. The molecule has 0 aromatic heterocycles. The van der Waals surface area contributed by atoms with Gasteiger partial charge in [0.15, 0.2) is 0 Å². The Kier molecular flexibility index (Phi) is 4.70. The van der Waals surface area contributed by atoms with Gasteiger partial charge in [-0.25, -0.2) is 0 Å². The van der Waals surface area contributed by atoms with Gasteiger partial charge in [0.05, 0.1) is 5.38 Å². The Morgan fingerprint density at radius 2 is 1.84 bits per heavy atom. The Hall–Kier alpha value is -1.22. The number of rotatable bonds is 3. The summed E-state index contributed by atoms with van der Waals surface area (Å²) in [7, 11) is 3.96. The van der Waals surface area contributed by atoms with Crippen LogP contribution in [0, 0.1) is 0 Å². The lowest BCUT2D eigenvalue weighted by molar-refractivity contribution is 0.0928. The number of anilines is 1. The topological polar surface area (TPSA) is 32.3 Å². The average molecular weight is 281 g/mol. The van der Waals surface area contributed by atoms with Crippen molar-refractivity contribution in [2.24, 2.45) is 0 Å². The van der Waals surface area contributed by atoms with Gasteiger partial charge in [-0.05, 0) is 37.1 Å². The summed E-state index contributed by atoms with van der Waals surface area (Å²) in [4.78, 5) is 14.2. The zero-order chi connectivity index (χ0) is 13.8. The Labute approximate surface area is 119 Å². The molecular weight excluding hydrogens is 260 g/mol. The second-order valence-electron chi connectivity index (χ2n) is 5.32. The molecule has 0 spiro atoms. The van der Waals surface area contributed by atoms with Gasteiger partial charge in [0.2, 0.25) is 0 Å². The van der Waals surface area contributed by atoms with E-state index in [9.17, 15) is 4.79 Å². The fraction of sp³-hybridized carbons (Fsp3) is 0.533. The van der Waals surface area contributed by atoms with Crippen molar-refractivity contribution >= 4 is 23.2 Å². The molecule has 1 N–H and O–H groups in total. The van der Waals surface area contributed by atoms with Gasteiger partial charge >= 0.3 is 0 Å². The number of benzene rings is 1. The monoisotopic (exact) mass is 280 g/mol. The van der Waals surface area contributed by atoms with Crippen LogP contribution in [-0.4, -0.2) is 31.4 Å². The van der Waals surface area contributed by atoms with Crippen LogP contribution in [-0.2, 0) is 0 Å². The van der Waals surface area contributed by atoms with E-state index in [1.807, 2.05) is 43.3 Å². The first-order chi connectivity index (χ1) is 9.08. The van der Waals surface area contributed by atoms with Crippen LogP contribution in [0.2, 0.25) is 0 Å². The molecule has 1 amide bonds.